The van der Waals surface area contributed by atoms with E-state index in [4.69, 9.17) is 0 Å². The van der Waals surface area contributed by atoms with Crippen LogP contribution in [0.3, 0.4) is 0 Å². The van der Waals surface area contributed by atoms with Crippen LogP contribution in [-0.2, 0) is 19.5 Å². The maximum Gasteiger partial charge on any atom is 0.133 e. The molecule has 3 nitrogen and oxygen atoms in total. The summed E-state index contributed by atoms with van der Waals surface area (Å²) in [5.41, 5.74) is 3.82. The molecule has 1 aromatic heterocycles. The van der Waals surface area contributed by atoms with Gasteiger partial charge in [0.15, 0.2) is 0 Å². The van der Waals surface area contributed by atoms with Gasteiger partial charge in [0.1, 0.15) is 17.5 Å². The van der Waals surface area contributed by atoms with Crippen molar-refractivity contribution in [3.63, 3.8) is 0 Å². The Morgan fingerprint density at radius 3 is 2.76 bits per heavy atom. The molecule has 2 aliphatic rings. The molecule has 0 unspecified atom stereocenters. The van der Waals surface area contributed by atoms with Crippen LogP contribution in [0.2, 0.25) is 0 Å². The van der Waals surface area contributed by atoms with Gasteiger partial charge in [-0.2, -0.15) is 0 Å². The second-order valence-corrected chi connectivity index (χ2v) is 5.74. The number of halogens is 2. The van der Waals surface area contributed by atoms with Crippen LogP contribution in [0.5, 0.6) is 0 Å². The molecule has 0 bridgehead atoms. The van der Waals surface area contributed by atoms with E-state index in [1.807, 2.05) is 0 Å². The lowest BCUT2D eigenvalue weighted by Gasteiger charge is -2.09. The van der Waals surface area contributed by atoms with Gasteiger partial charge in [0, 0.05) is 37.1 Å². The quantitative estimate of drug-likeness (QED) is 0.943. The molecule has 1 saturated carbocycles. The van der Waals surface area contributed by atoms with Gasteiger partial charge in [-0.05, 0) is 24.5 Å². The average Bonchev–Trinajstić information content (AvgIpc) is 3.19. The Hall–Kier alpha value is -1.88. The Bertz CT molecular complexity index is 711. The fraction of sp³-hybridized carbons (Fsp3) is 0.375. The van der Waals surface area contributed by atoms with Crippen molar-refractivity contribution in [1.29, 1.82) is 0 Å². The zero-order valence-corrected chi connectivity index (χ0v) is 11.5. The summed E-state index contributed by atoms with van der Waals surface area (Å²) in [5.74, 6) is 0.0718. The molecule has 1 aliphatic heterocycles. The van der Waals surface area contributed by atoms with E-state index < -0.39 is 11.6 Å². The fourth-order valence-electron chi connectivity index (χ4n) is 2.86. The predicted molar refractivity (Wildman–Crippen MR) is 73.7 cm³/mol. The van der Waals surface area contributed by atoms with Crippen LogP contribution in [0.25, 0.3) is 0 Å². The van der Waals surface area contributed by atoms with Crippen molar-refractivity contribution < 1.29 is 8.78 Å². The molecule has 5 heteroatoms. The van der Waals surface area contributed by atoms with E-state index >= 15 is 0 Å². The minimum absolute atomic E-state index is 0.305. The van der Waals surface area contributed by atoms with Crippen LogP contribution >= 0.6 is 0 Å². The number of rotatable bonds is 3. The van der Waals surface area contributed by atoms with Crippen molar-refractivity contribution in [2.24, 2.45) is 0 Å². The third-order valence-electron chi connectivity index (χ3n) is 4.09. The normalized spacial score (nSPS) is 17.0. The lowest BCUT2D eigenvalue weighted by atomic mass is 10.1. The fourth-order valence-corrected chi connectivity index (χ4v) is 2.86. The average molecular weight is 287 g/mol. The summed E-state index contributed by atoms with van der Waals surface area (Å²) in [7, 11) is 0. The largest absolute Gasteiger partial charge is 0.307 e. The van der Waals surface area contributed by atoms with Gasteiger partial charge in [-0.25, -0.2) is 18.7 Å². The van der Waals surface area contributed by atoms with Gasteiger partial charge in [-0.1, -0.05) is 6.07 Å². The van der Waals surface area contributed by atoms with Crippen molar-refractivity contribution in [2.75, 3.05) is 0 Å². The Morgan fingerprint density at radius 2 is 2.00 bits per heavy atom. The number of nitrogens with one attached hydrogen (secondary N) is 1. The monoisotopic (exact) mass is 287 g/mol. The molecule has 1 N–H and O–H groups in total. The van der Waals surface area contributed by atoms with Crippen molar-refractivity contribution in [2.45, 2.75) is 38.3 Å². The molecule has 0 radical (unpaired) electrons. The molecule has 21 heavy (non-hydrogen) atoms. The highest BCUT2D eigenvalue weighted by atomic mass is 19.1. The summed E-state index contributed by atoms with van der Waals surface area (Å²) < 4.78 is 26.7. The molecule has 0 saturated heterocycles. The number of hydrogen-bond acceptors (Lipinski definition) is 3. The van der Waals surface area contributed by atoms with Crippen LogP contribution in [0.15, 0.2) is 18.2 Å². The van der Waals surface area contributed by atoms with Gasteiger partial charge in [0.05, 0.1) is 11.4 Å². The molecule has 0 spiro atoms. The maximum absolute atomic E-state index is 13.8. The molecule has 108 valence electrons. The summed E-state index contributed by atoms with van der Waals surface area (Å²) >= 11 is 0. The number of hydrogen-bond donors (Lipinski definition) is 1. The van der Waals surface area contributed by atoms with E-state index in [-0.39, 0.29) is 0 Å². The molecule has 4 rings (SSSR count). The van der Waals surface area contributed by atoms with Crippen LogP contribution in [0.4, 0.5) is 8.78 Å². The van der Waals surface area contributed by atoms with Gasteiger partial charge in [-0.15, -0.1) is 0 Å². The first kappa shape index (κ1) is 12.8. The van der Waals surface area contributed by atoms with Gasteiger partial charge < -0.3 is 5.32 Å². The summed E-state index contributed by atoms with van der Waals surface area (Å²) in [6.07, 6.45) is 2.65. The van der Waals surface area contributed by atoms with E-state index in [0.717, 1.165) is 30.5 Å². The zero-order chi connectivity index (χ0) is 14.4. The first-order valence-corrected chi connectivity index (χ1v) is 7.24. The highest BCUT2D eigenvalue weighted by Gasteiger charge is 2.31. The Kier molecular flexibility index (Phi) is 2.96. The first-order chi connectivity index (χ1) is 10.2. The molecule has 0 atom stereocenters. The number of aromatic nitrogens is 2. The number of fused-ring (bicyclic) bond motifs is 1. The maximum atomic E-state index is 13.8. The van der Waals surface area contributed by atoms with Crippen molar-refractivity contribution >= 4 is 0 Å². The molecule has 1 fully saturated rings. The molecule has 1 aromatic carbocycles. The molecule has 0 amide bonds. The standard InChI is InChI=1S/C16H15F2N3/c17-11-4-3-10(13(18)6-11)5-15-20-14-8-19-7-12(14)16(21-15)9-1-2-9/h3-4,6,9,19H,1-2,5,7-8H2. The minimum atomic E-state index is -0.561. The van der Waals surface area contributed by atoms with E-state index in [9.17, 15) is 8.78 Å². The number of nitrogens with zero attached hydrogens (tertiary/aromatic N) is 2. The topological polar surface area (TPSA) is 37.8 Å². The van der Waals surface area contributed by atoms with E-state index in [0.29, 0.717) is 23.7 Å². The SMILES string of the molecule is Fc1ccc(Cc2nc3c(c(C4CC4)n2)CNC3)c(F)c1. The Morgan fingerprint density at radius 1 is 1.14 bits per heavy atom. The molecule has 2 heterocycles. The summed E-state index contributed by atoms with van der Waals surface area (Å²) in [4.78, 5) is 9.20. The van der Waals surface area contributed by atoms with Crippen molar-refractivity contribution in [3.8, 4) is 0 Å². The van der Waals surface area contributed by atoms with Crippen LogP contribution in [0, 0.1) is 11.6 Å². The van der Waals surface area contributed by atoms with Crippen molar-refractivity contribution in [1.82, 2.24) is 15.3 Å². The van der Waals surface area contributed by atoms with Gasteiger partial charge in [0.25, 0.3) is 0 Å². The Balaban J connectivity index is 1.70. The second kappa shape index (κ2) is 4.84. The molecular weight excluding hydrogens is 272 g/mol. The van der Waals surface area contributed by atoms with Crippen LogP contribution < -0.4 is 5.32 Å². The van der Waals surface area contributed by atoms with Gasteiger partial charge in [0.2, 0.25) is 0 Å². The summed E-state index contributed by atoms with van der Waals surface area (Å²) in [6, 6.07) is 3.65. The van der Waals surface area contributed by atoms with Crippen molar-refractivity contribution in [3.05, 3.63) is 58.2 Å². The third kappa shape index (κ3) is 2.42. The lowest BCUT2D eigenvalue weighted by molar-refractivity contribution is 0.573. The Labute approximate surface area is 121 Å². The van der Waals surface area contributed by atoms with Crippen LogP contribution in [-0.4, -0.2) is 9.97 Å². The third-order valence-corrected chi connectivity index (χ3v) is 4.09. The summed E-state index contributed by atoms with van der Waals surface area (Å²) in [5, 5.41) is 3.29. The van der Waals surface area contributed by atoms with E-state index in [2.05, 4.69) is 15.3 Å². The number of benzene rings is 1. The van der Waals surface area contributed by atoms with E-state index in [1.54, 1.807) is 0 Å². The van der Waals surface area contributed by atoms with Crippen LogP contribution in [0.1, 0.15) is 47.1 Å². The molecule has 2 aromatic rings. The molecule has 1 aliphatic carbocycles. The molecular formula is C16H15F2N3. The zero-order valence-electron chi connectivity index (χ0n) is 11.5. The van der Waals surface area contributed by atoms with E-state index in [1.165, 1.54) is 30.5 Å². The minimum Gasteiger partial charge on any atom is -0.307 e. The lowest BCUT2D eigenvalue weighted by Crippen LogP contribution is -2.07. The first-order valence-electron chi connectivity index (χ1n) is 7.24. The summed E-state index contributed by atoms with van der Waals surface area (Å²) in [6.45, 7) is 1.57. The highest BCUT2D eigenvalue weighted by Crippen LogP contribution is 2.41. The van der Waals surface area contributed by atoms with Gasteiger partial charge >= 0.3 is 0 Å². The highest BCUT2D eigenvalue weighted by molar-refractivity contribution is 5.35. The second-order valence-electron chi connectivity index (χ2n) is 5.74. The smallest absolute Gasteiger partial charge is 0.133 e. The predicted octanol–water partition coefficient (Wildman–Crippen LogP) is 2.83. The van der Waals surface area contributed by atoms with Gasteiger partial charge in [-0.3, -0.25) is 0 Å².